The SMILES string of the molecule is O=C1/C(=C/c2n[nH]c3ccccc23)Oc2c1ccc(OC1CCOCC1)c2CN1CCNCC1. The minimum atomic E-state index is -0.124. The van der Waals surface area contributed by atoms with Crippen LogP contribution >= 0.6 is 0 Å². The van der Waals surface area contributed by atoms with Gasteiger partial charge < -0.3 is 19.5 Å². The van der Waals surface area contributed by atoms with Gasteiger partial charge in [0.2, 0.25) is 5.78 Å². The average molecular weight is 461 g/mol. The van der Waals surface area contributed by atoms with Crippen molar-refractivity contribution < 1.29 is 19.0 Å². The number of piperazine rings is 1. The van der Waals surface area contributed by atoms with Gasteiger partial charge in [0, 0.05) is 57.0 Å². The van der Waals surface area contributed by atoms with Crippen LogP contribution in [0.15, 0.2) is 42.2 Å². The largest absolute Gasteiger partial charge is 0.490 e. The van der Waals surface area contributed by atoms with Gasteiger partial charge in [-0.3, -0.25) is 14.8 Å². The van der Waals surface area contributed by atoms with E-state index in [1.165, 1.54) is 0 Å². The van der Waals surface area contributed by atoms with Crippen LogP contribution in [0.4, 0.5) is 0 Å². The van der Waals surface area contributed by atoms with Crippen LogP contribution in [0.25, 0.3) is 17.0 Å². The number of para-hydroxylation sites is 1. The Balaban J connectivity index is 1.35. The second-order valence-corrected chi connectivity index (χ2v) is 8.97. The number of carbonyl (C=O) groups excluding carboxylic acids is 1. The Bertz CT molecular complexity index is 1240. The van der Waals surface area contributed by atoms with Gasteiger partial charge in [0.25, 0.3) is 0 Å². The Morgan fingerprint density at radius 2 is 1.94 bits per heavy atom. The van der Waals surface area contributed by atoms with Crippen LogP contribution in [0.2, 0.25) is 0 Å². The highest BCUT2D eigenvalue weighted by Crippen LogP contribution is 2.41. The Kier molecular flexibility index (Phi) is 5.78. The van der Waals surface area contributed by atoms with Gasteiger partial charge in [-0.2, -0.15) is 5.10 Å². The normalized spacial score (nSPS) is 20.6. The van der Waals surface area contributed by atoms with Gasteiger partial charge in [0.05, 0.1) is 35.6 Å². The summed E-state index contributed by atoms with van der Waals surface area (Å²) in [5, 5.41) is 11.7. The summed E-state index contributed by atoms with van der Waals surface area (Å²) in [5.74, 6) is 1.57. The van der Waals surface area contributed by atoms with E-state index in [0.29, 0.717) is 36.8 Å². The molecule has 2 aromatic carbocycles. The summed E-state index contributed by atoms with van der Waals surface area (Å²) in [5.41, 5.74) is 3.13. The first-order valence-corrected chi connectivity index (χ1v) is 12.0. The lowest BCUT2D eigenvalue weighted by Gasteiger charge is -2.30. The van der Waals surface area contributed by atoms with Crippen molar-refractivity contribution in [2.75, 3.05) is 39.4 Å². The number of ether oxygens (including phenoxy) is 3. The van der Waals surface area contributed by atoms with E-state index in [-0.39, 0.29) is 17.6 Å². The van der Waals surface area contributed by atoms with Crippen LogP contribution in [-0.4, -0.2) is 66.4 Å². The molecular weight excluding hydrogens is 432 g/mol. The second kappa shape index (κ2) is 9.21. The highest BCUT2D eigenvalue weighted by Gasteiger charge is 2.33. The lowest BCUT2D eigenvalue weighted by molar-refractivity contribution is 0.0248. The van der Waals surface area contributed by atoms with Gasteiger partial charge in [0.15, 0.2) is 5.76 Å². The summed E-state index contributed by atoms with van der Waals surface area (Å²) in [6, 6.07) is 11.6. The second-order valence-electron chi connectivity index (χ2n) is 8.97. The fourth-order valence-electron chi connectivity index (χ4n) is 4.83. The predicted molar refractivity (Wildman–Crippen MR) is 128 cm³/mol. The first-order valence-electron chi connectivity index (χ1n) is 12.0. The minimum Gasteiger partial charge on any atom is -0.490 e. The zero-order valence-corrected chi connectivity index (χ0v) is 19.0. The van der Waals surface area contributed by atoms with E-state index in [0.717, 1.165) is 61.2 Å². The quantitative estimate of drug-likeness (QED) is 0.566. The molecule has 176 valence electrons. The first kappa shape index (κ1) is 21.3. The minimum absolute atomic E-state index is 0.108. The number of allylic oxidation sites excluding steroid dienone is 1. The van der Waals surface area contributed by atoms with Crippen molar-refractivity contribution in [2.24, 2.45) is 0 Å². The number of nitrogens with one attached hydrogen (secondary N) is 2. The number of rotatable bonds is 5. The van der Waals surface area contributed by atoms with E-state index in [1.807, 2.05) is 36.4 Å². The molecule has 8 heteroatoms. The third-order valence-electron chi connectivity index (χ3n) is 6.72. The predicted octanol–water partition coefficient (Wildman–Crippen LogP) is 3.14. The molecule has 0 amide bonds. The number of carbonyl (C=O) groups is 1. The van der Waals surface area contributed by atoms with E-state index >= 15 is 0 Å². The van der Waals surface area contributed by atoms with Crippen molar-refractivity contribution in [1.82, 2.24) is 20.4 Å². The first-order chi connectivity index (χ1) is 16.8. The Labute approximate surface area is 197 Å². The van der Waals surface area contributed by atoms with Crippen molar-refractivity contribution >= 4 is 22.8 Å². The Morgan fingerprint density at radius 1 is 1.12 bits per heavy atom. The molecule has 2 fully saturated rings. The fourth-order valence-corrected chi connectivity index (χ4v) is 4.83. The third kappa shape index (κ3) is 4.09. The van der Waals surface area contributed by atoms with Crippen LogP contribution in [0.5, 0.6) is 11.5 Å². The number of aromatic amines is 1. The molecule has 0 aliphatic carbocycles. The van der Waals surface area contributed by atoms with Crippen LogP contribution in [0.1, 0.15) is 34.5 Å². The van der Waals surface area contributed by atoms with Crippen LogP contribution in [0, 0.1) is 0 Å². The highest BCUT2D eigenvalue weighted by atomic mass is 16.5. The van der Waals surface area contributed by atoms with Gasteiger partial charge in [-0.25, -0.2) is 0 Å². The molecule has 1 aromatic heterocycles. The number of Topliss-reactive ketones (excluding diaryl/α,β-unsaturated/α-hetero) is 1. The number of fused-ring (bicyclic) bond motifs is 2. The Hall–Kier alpha value is -3.20. The molecular formula is C26H28N4O4. The smallest absolute Gasteiger partial charge is 0.232 e. The van der Waals surface area contributed by atoms with Crippen molar-refractivity contribution in [3.63, 3.8) is 0 Å². The molecule has 3 aromatic rings. The van der Waals surface area contributed by atoms with Crippen molar-refractivity contribution in [1.29, 1.82) is 0 Å². The van der Waals surface area contributed by atoms with Gasteiger partial charge in [-0.05, 0) is 18.2 Å². The maximum absolute atomic E-state index is 13.3. The van der Waals surface area contributed by atoms with E-state index in [4.69, 9.17) is 14.2 Å². The maximum Gasteiger partial charge on any atom is 0.232 e. The average Bonchev–Trinajstić information content (AvgIpc) is 3.43. The molecule has 0 radical (unpaired) electrons. The zero-order valence-electron chi connectivity index (χ0n) is 19.0. The monoisotopic (exact) mass is 460 g/mol. The third-order valence-corrected chi connectivity index (χ3v) is 6.72. The number of aromatic nitrogens is 2. The molecule has 0 unspecified atom stereocenters. The molecule has 3 aliphatic heterocycles. The molecule has 4 heterocycles. The van der Waals surface area contributed by atoms with Crippen molar-refractivity contribution in [2.45, 2.75) is 25.5 Å². The molecule has 0 spiro atoms. The molecule has 2 N–H and O–H groups in total. The van der Waals surface area contributed by atoms with Crippen LogP contribution in [-0.2, 0) is 11.3 Å². The number of H-pyrrole nitrogens is 1. The molecule has 0 atom stereocenters. The summed E-state index contributed by atoms with van der Waals surface area (Å²) in [6.07, 6.45) is 3.56. The molecule has 0 bridgehead atoms. The topological polar surface area (TPSA) is 88.7 Å². The highest BCUT2D eigenvalue weighted by molar-refractivity contribution is 6.15. The molecule has 3 aliphatic rings. The summed E-state index contributed by atoms with van der Waals surface area (Å²) in [7, 11) is 0. The molecule has 34 heavy (non-hydrogen) atoms. The summed E-state index contributed by atoms with van der Waals surface area (Å²) < 4.78 is 18.2. The zero-order chi connectivity index (χ0) is 22.9. The standard InChI is InChI=1S/C26H28N4O4/c31-25-19-5-6-23(33-17-7-13-32-14-8-17)20(16-30-11-9-27-10-12-30)26(19)34-24(25)15-22-18-3-1-2-4-21(18)28-29-22/h1-6,15,17,27H,7-14,16H2,(H,28,29)/b24-15-. The lowest BCUT2D eigenvalue weighted by Crippen LogP contribution is -2.43. The molecule has 6 rings (SSSR count). The van der Waals surface area contributed by atoms with Crippen LogP contribution < -0.4 is 14.8 Å². The number of ketones is 1. The fraction of sp³-hybridized carbons (Fsp3) is 0.385. The number of benzene rings is 2. The summed E-state index contributed by atoms with van der Waals surface area (Å²) in [6.45, 7) is 5.87. The van der Waals surface area contributed by atoms with Crippen molar-refractivity contribution in [3.05, 3.63) is 59.0 Å². The molecule has 0 saturated carbocycles. The molecule has 2 saturated heterocycles. The van der Waals surface area contributed by atoms with Crippen molar-refractivity contribution in [3.8, 4) is 11.5 Å². The van der Waals surface area contributed by atoms with Gasteiger partial charge in [0.1, 0.15) is 17.6 Å². The lowest BCUT2D eigenvalue weighted by atomic mass is 10.0. The number of hydrogen-bond acceptors (Lipinski definition) is 7. The number of hydrogen-bond donors (Lipinski definition) is 2. The van der Waals surface area contributed by atoms with E-state index < -0.39 is 0 Å². The van der Waals surface area contributed by atoms with E-state index in [1.54, 1.807) is 6.08 Å². The molecule has 8 nitrogen and oxygen atoms in total. The van der Waals surface area contributed by atoms with E-state index in [9.17, 15) is 4.79 Å². The van der Waals surface area contributed by atoms with Crippen LogP contribution in [0.3, 0.4) is 0 Å². The number of nitrogens with zero attached hydrogens (tertiary/aromatic N) is 2. The van der Waals surface area contributed by atoms with E-state index in [2.05, 4.69) is 20.4 Å². The summed E-state index contributed by atoms with van der Waals surface area (Å²) in [4.78, 5) is 15.7. The summed E-state index contributed by atoms with van der Waals surface area (Å²) >= 11 is 0. The van der Waals surface area contributed by atoms with Gasteiger partial charge >= 0.3 is 0 Å². The van der Waals surface area contributed by atoms with Gasteiger partial charge in [-0.1, -0.05) is 18.2 Å². The maximum atomic E-state index is 13.3. The van der Waals surface area contributed by atoms with Gasteiger partial charge in [-0.15, -0.1) is 0 Å². The Morgan fingerprint density at radius 3 is 2.79 bits per heavy atom.